The van der Waals surface area contributed by atoms with E-state index in [-0.39, 0.29) is 40.0 Å². The average molecular weight is 528 g/mol. The van der Waals surface area contributed by atoms with Crippen LogP contribution in [0.4, 0.5) is 5.69 Å². The highest BCUT2D eigenvalue weighted by molar-refractivity contribution is 7.89. The predicted molar refractivity (Wildman–Crippen MR) is 137 cm³/mol. The van der Waals surface area contributed by atoms with Crippen LogP contribution in [-0.2, 0) is 10.0 Å². The van der Waals surface area contributed by atoms with Gasteiger partial charge in [-0.25, -0.2) is 13.1 Å². The third kappa shape index (κ3) is 5.81. The van der Waals surface area contributed by atoms with Gasteiger partial charge in [0.05, 0.1) is 10.6 Å². The Balaban J connectivity index is 1.84. The first-order valence-corrected chi connectivity index (χ1v) is 13.4. The number of aromatic nitrogens is 2. The number of carbonyl (C=O) groups excluding carboxylic acids is 1. The van der Waals surface area contributed by atoms with Gasteiger partial charge in [0.2, 0.25) is 15.9 Å². The van der Waals surface area contributed by atoms with Crippen LogP contribution in [0.1, 0.15) is 54.7 Å². The van der Waals surface area contributed by atoms with Crippen LogP contribution in [0.15, 0.2) is 47.4 Å². The Labute approximate surface area is 215 Å². The summed E-state index contributed by atoms with van der Waals surface area (Å²) in [6.07, 6.45) is 2.11. The summed E-state index contributed by atoms with van der Waals surface area (Å²) in [6, 6.07) is 10.4. The summed E-state index contributed by atoms with van der Waals surface area (Å²) in [5.74, 6) is -0.395. The van der Waals surface area contributed by atoms with Crippen molar-refractivity contribution >= 4 is 21.6 Å². The maximum Gasteiger partial charge on any atom is 0.272 e. The van der Waals surface area contributed by atoms with E-state index < -0.39 is 20.9 Å². The van der Waals surface area contributed by atoms with Crippen LogP contribution in [0.5, 0.6) is 11.6 Å². The molecule has 196 valence electrons. The number of non-ortho nitro benzene ring substituents is 1. The average Bonchev–Trinajstić information content (AvgIpc) is 3.60. The summed E-state index contributed by atoms with van der Waals surface area (Å²) in [5.41, 5.74) is 1.73. The molecule has 1 saturated carbocycles. The van der Waals surface area contributed by atoms with Crippen LogP contribution in [0.25, 0.3) is 5.69 Å². The molecule has 1 heterocycles. The van der Waals surface area contributed by atoms with Crippen LogP contribution in [0.3, 0.4) is 0 Å². The monoisotopic (exact) mass is 527 g/mol. The van der Waals surface area contributed by atoms with Crippen LogP contribution in [0.2, 0.25) is 0 Å². The number of amides is 1. The standard InChI is InChI=1S/C25H29N5O6S/c1-5-16(3)26-24(31)23-17(4)25(29(27-23)19-10-6-15(2)7-11-19)36-21-13-12-20(30(32)33)14-22(21)37(34,35)28-18-8-9-18/h6-7,10-14,16,18,28H,5,8-9H2,1-4H3,(H,26,31)/t16-/m0/s1. The van der Waals surface area contributed by atoms with Crippen molar-refractivity contribution in [2.75, 3.05) is 0 Å². The molecule has 1 atom stereocenters. The predicted octanol–water partition coefficient (Wildman–Crippen LogP) is 4.16. The van der Waals surface area contributed by atoms with Gasteiger partial charge >= 0.3 is 0 Å². The first-order valence-electron chi connectivity index (χ1n) is 12.0. The summed E-state index contributed by atoms with van der Waals surface area (Å²) in [4.78, 5) is 23.3. The Hall–Kier alpha value is -3.77. The number of nitrogens with zero attached hydrogens (tertiary/aromatic N) is 3. The lowest BCUT2D eigenvalue weighted by molar-refractivity contribution is -0.385. The van der Waals surface area contributed by atoms with E-state index in [1.807, 2.05) is 32.9 Å². The maximum absolute atomic E-state index is 13.1. The van der Waals surface area contributed by atoms with E-state index in [1.165, 1.54) is 16.8 Å². The van der Waals surface area contributed by atoms with Gasteiger partial charge in [0.1, 0.15) is 10.6 Å². The van der Waals surface area contributed by atoms with Crippen LogP contribution in [0, 0.1) is 24.0 Å². The molecule has 2 aromatic carbocycles. The number of nitro benzene ring substituents is 1. The molecule has 0 radical (unpaired) electrons. The van der Waals surface area contributed by atoms with Gasteiger partial charge in [0.15, 0.2) is 5.69 Å². The molecule has 1 aliphatic carbocycles. The lowest BCUT2D eigenvalue weighted by atomic mass is 10.2. The molecule has 0 aliphatic heterocycles. The number of benzene rings is 2. The van der Waals surface area contributed by atoms with Crippen molar-refractivity contribution in [2.24, 2.45) is 0 Å². The number of nitro groups is 1. The number of hydrogen-bond acceptors (Lipinski definition) is 7. The van der Waals surface area contributed by atoms with Gasteiger partial charge in [-0.1, -0.05) is 24.6 Å². The highest BCUT2D eigenvalue weighted by atomic mass is 32.2. The maximum atomic E-state index is 13.1. The summed E-state index contributed by atoms with van der Waals surface area (Å²) in [5, 5.41) is 18.8. The van der Waals surface area contributed by atoms with Crippen LogP contribution in [-0.4, -0.2) is 41.1 Å². The molecule has 11 nitrogen and oxygen atoms in total. The van der Waals surface area contributed by atoms with Gasteiger partial charge in [0.25, 0.3) is 11.6 Å². The van der Waals surface area contributed by atoms with E-state index in [0.29, 0.717) is 24.1 Å². The third-order valence-electron chi connectivity index (χ3n) is 6.09. The molecule has 4 rings (SSSR count). The van der Waals surface area contributed by atoms with Crippen LogP contribution < -0.4 is 14.8 Å². The number of rotatable bonds is 10. The molecule has 37 heavy (non-hydrogen) atoms. The van der Waals surface area contributed by atoms with E-state index in [2.05, 4.69) is 15.1 Å². The molecular formula is C25H29N5O6S. The Morgan fingerprint density at radius 2 is 1.89 bits per heavy atom. The van der Waals surface area contributed by atoms with Gasteiger partial charge in [-0.3, -0.25) is 14.9 Å². The SMILES string of the molecule is CC[C@H](C)NC(=O)c1nn(-c2ccc(C)cc2)c(Oc2ccc([N+](=O)[O-])cc2S(=O)(=O)NC2CC2)c1C. The molecule has 0 spiro atoms. The topological polar surface area (TPSA) is 145 Å². The zero-order valence-corrected chi connectivity index (χ0v) is 21.8. The Morgan fingerprint density at radius 1 is 1.22 bits per heavy atom. The van der Waals surface area contributed by atoms with Gasteiger partial charge in [-0.05, 0) is 58.2 Å². The molecule has 2 N–H and O–H groups in total. The summed E-state index contributed by atoms with van der Waals surface area (Å²) in [7, 11) is -4.12. The lowest BCUT2D eigenvalue weighted by Crippen LogP contribution is -2.32. The van der Waals surface area contributed by atoms with Crippen molar-refractivity contribution in [1.29, 1.82) is 0 Å². The molecule has 0 bridgehead atoms. The van der Waals surface area contributed by atoms with Gasteiger partial charge in [0, 0.05) is 29.8 Å². The molecule has 0 unspecified atom stereocenters. The summed E-state index contributed by atoms with van der Waals surface area (Å²) < 4.78 is 36.3. The second kappa shape index (κ2) is 10.3. The number of sulfonamides is 1. The van der Waals surface area contributed by atoms with E-state index in [9.17, 15) is 23.3 Å². The van der Waals surface area contributed by atoms with Crippen molar-refractivity contribution in [3.05, 3.63) is 69.4 Å². The van der Waals surface area contributed by atoms with Crippen molar-refractivity contribution < 1.29 is 22.9 Å². The Kier molecular flexibility index (Phi) is 7.32. The van der Waals surface area contributed by atoms with Gasteiger partial charge < -0.3 is 10.1 Å². The normalized spacial score (nSPS) is 14.3. The number of nitrogens with one attached hydrogen (secondary N) is 2. The van der Waals surface area contributed by atoms with E-state index in [4.69, 9.17) is 4.74 Å². The number of hydrogen-bond donors (Lipinski definition) is 2. The third-order valence-corrected chi connectivity index (χ3v) is 7.63. The van der Waals surface area contributed by atoms with Crippen molar-refractivity contribution in [1.82, 2.24) is 19.8 Å². The highest BCUT2D eigenvalue weighted by Gasteiger charge is 2.32. The van der Waals surface area contributed by atoms with Crippen LogP contribution >= 0.6 is 0 Å². The highest BCUT2D eigenvalue weighted by Crippen LogP contribution is 2.36. The molecular weight excluding hydrogens is 498 g/mol. The van der Waals surface area contributed by atoms with E-state index in [0.717, 1.165) is 18.1 Å². The molecule has 0 saturated heterocycles. The molecule has 3 aromatic rings. The summed E-state index contributed by atoms with van der Waals surface area (Å²) >= 11 is 0. The first kappa shape index (κ1) is 26.3. The lowest BCUT2D eigenvalue weighted by Gasteiger charge is -2.14. The second-order valence-electron chi connectivity index (χ2n) is 9.19. The largest absolute Gasteiger partial charge is 0.437 e. The van der Waals surface area contributed by atoms with E-state index in [1.54, 1.807) is 19.1 Å². The van der Waals surface area contributed by atoms with Crippen molar-refractivity contribution in [3.63, 3.8) is 0 Å². The minimum atomic E-state index is -4.12. The van der Waals surface area contributed by atoms with Gasteiger partial charge in [-0.2, -0.15) is 9.78 Å². The molecule has 12 heteroatoms. The first-order chi connectivity index (χ1) is 17.5. The zero-order valence-electron chi connectivity index (χ0n) is 21.0. The van der Waals surface area contributed by atoms with E-state index >= 15 is 0 Å². The summed E-state index contributed by atoms with van der Waals surface area (Å²) in [6.45, 7) is 7.41. The quantitative estimate of drug-likeness (QED) is 0.297. The number of aryl methyl sites for hydroxylation is 1. The minimum absolute atomic E-state index is 0.0827. The molecule has 1 fully saturated rings. The fourth-order valence-corrected chi connectivity index (χ4v) is 5.02. The van der Waals surface area contributed by atoms with Crippen molar-refractivity contribution in [3.8, 4) is 17.3 Å². The Morgan fingerprint density at radius 3 is 2.49 bits per heavy atom. The smallest absolute Gasteiger partial charge is 0.272 e. The van der Waals surface area contributed by atoms with Gasteiger partial charge in [-0.15, -0.1) is 0 Å². The number of carbonyl (C=O) groups is 1. The minimum Gasteiger partial charge on any atom is -0.437 e. The second-order valence-corrected chi connectivity index (χ2v) is 10.9. The fourth-order valence-electron chi connectivity index (χ4n) is 3.56. The fraction of sp³-hybridized carbons (Fsp3) is 0.360. The Bertz CT molecular complexity index is 1440. The van der Waals surface area contributed by atoms with Crippen molar-refractivity contribution in [2.45, 2.75) is 63.9 Å². The number of ether oxygens (including phenoxy) is 1. The molecule has 1 amide bonds. The molecule has 1 aromatic heterocycles. The molecule has 1 aliphatic rings. The zero-order chi connectivity index (χ0) is 26.9.